The molecule has 0 atom stereocenters. The van der Waals surface area contributed by atoms with Crippen LogP contribution in [0.3, 0.4) is 0 Å². The van der Waals surface area contributed by atoms with Crippen LogP contribution in [0.25, 0.3) is 0 Å². The van der Waals surface area contributed by atoms with Gasteiger partial charge in [-0.3, -0.25) is 9.48 Å². The van der Waals surface area contributed by atoms with Crippen LogP contribution in [0.15, 0.2) is 12.4 Å². The summed E-state index contributed by atoms with van der Waals surface area (Å²) in [5.41, 5.74) is 0.397. The van der Waals surface area contributed by atoms with Crippen molar-refractivity contribution in [3.8, 4) is 0 Å². The van der Waals surface area contributed by atoms with Crippen LogP contribution < -0.4 is 5.32 Å². The molecule has 0 aliphatic carbocycles. The number of amides is 1. The zero-order valence-corrected chi connectivity index (χ0v) is 12.4. The predicted octanol–water partition coefficient (Wildman–Crippen LogP) is 0.692. The molecule has 0 saturated carbocycles. The van der Waals surface area contributed by atoms with Gasteiger partial charge in [-0.05, 0) is 37.8 Å². The molecule has 0 radical (unpaired) electrons. The van der Waals surface area contributed by atoms with E-state index in [4.69, 9.17) is 0 Å². The first-order valence-electron chi connectivity index (χ1n) is 7.10. The van der Waals surface area contributed by atoms with E-state index in [1.54, 1.807) is 17.1 Å². The first-order valence-corrected chi connectivity index (χ1v) is 7.10. The monoisotopic (exact) mass is 299 g/mol. The van der Waals surface area contributed by atoms with Gasteiger partial charge in [0.2, 0.25) is 5.91 Å². The summed E-state index contributed by atoms with van der Waals surface area (Å²) in [6.45, 7) is 4.70. The third-order valence-corrected chi connectivity index (χ3v) is 4.48. The summed E-state index contributed by atoms with van der Waals surface area (Å²) in [5, 5.41) is 11.0. The van der Waals surface area contributed by atoms with Gasteiger partial charge in [0.05, 0.1) is 12.7 Å². The van der Waals surface area contributed by atoms with Crippen molar-refractivity contribution in [2.24, 2.45) is 5.41 Å². The zero-order valence-electron chi connectivity index (χ0n) is 11.6. The quantitative estimate of drug-likeness (QED) is 0.892. The summed E-state index contributed by atoms with van der Waals surface area (Å²) in [6.07, 6.45) is 7.55. The Balaban J connectivity index is 0.00000147. The van der Waals surface area contributed by atoms with Crippen LogP contribution >= 0.6 is 12.4 Å². The highest BCUT2D eigenvalue weighted by Crippen LogP contribution is 2.38. The number of aromatic nitrogens is 3. The molecule has 1 aromatic heterocycles. The number of hydrogen-bond acceptors (Lipinski definition) is 4. The maximum Gasteiger partial charge on any atom is 0.224 e. The summed E-state index contributed by atoms with van der Waals surface area (Å²) >= 11 is 0. The average molecular weight is 300 g/mol. The lowest BCUT2D eigenvalue weighted by Gasteiger charge is -2.33. The molecule has 1 aromatic rings. The van der Waals surface area contributed by atoms with Gasteiger partial charge in [0.1, 0.15) is 0 Å². The van der Waals surface area contributed by atoms with E-state index in [0.717, 1.165) is 26.2 Å². The molecule has 2 aliphatic rings. The number of nitrogens with one attached hydrogen (secondary N) is 1. The van der Waals surface area contributed by atoms with Gasteiger partial charge < -0.3 is 10.2 Å². The molecule has 112 valence electrons. The summed E-state index contributed by atoms with van der Waals surface area (Å²) in [6, 6.07) is 0. The van der Waals surface area contributed by atoms with Crippen LogP contribution in [0, 0.1) is 5.41 Å². The van der Waals surface area contributed by atoms with Crippen LogP contribution in [-0.2, 0) is 11.3 Å². The summed E-state index contributed by atoms with van der Waals surface area (Å²) < 4.78 is 1.72. The molecule has 0 aromatic carbocycles. The van der Waals surface area contributed by atoms with Crippen molar-refractivity contribution in [2.45, 2.75) is 32.2 Å². The Morgan fingerprint density at radius 3 is 2.80 bits per heavy atom. The molecule has 3 heterocycles. The minimum Gasteiger partial charge on any atom is -0.342 e. The van der Waals surface area contributed by atoms with Crippen molar-refractivity contribution in [1.82, 2.24) is 25.2 Å². The van der Waals surface area contributed by atoms with Crippen molar-refractivity contribution >= 4 is 18.3 Å². The van der Waals surface area contributed by atoms with Gasteiger partial charge in [-0.15, -0.1) is 17.5 Å². The Hall–Kier alpha value is -1.14. The molecule has 20 heavy (non-hydrogen) atoms. The number of halogens is 1. The van der Waals surface area contributed by atoms with Gasteiger partial charge >= 0.3 is 0 Å². The fraction of sp³-hybridized carbons (Fsp3) is 0.769. The molecule has 7 heteroatoms. The molecule has 1 amide bonds. The molecule has 3 rings (SSSR count). The SMILES string of the molecule is Cl.O=C(CCn1ccnn1)N1CCC2(CCNCC2)C1. The Morgan fingerprint density at radius 1 is 1.30 bits per heavy atom. The second-order valence-corrected chi connectivity index (χ2v) is 5.73. The Morgan fingerprint density at radius 2 is 2.10 bits per heavy atom. The molecule has 1 spiro atoms. The third kappa shape index (κ3) is 3.30. The minimum absolute atomic E-state index is 0. The maximum absolute atomic E-state index is 12.2. The summed E-state index contributed by atoms with van der Waals surface area (Å²) in [5.74, 6) is 0.255. The van der Waals surface area contributed by atoms with E-state index in [2.05, 4.69) is 15.6 Å². The van der Waals surface area contributed by atoms with Gasteiger partial charge in [-0.2, -0.15) is 0 Å². The van der Waals surface area contributed by atoms with Crippen molar-refractivity contribution in [2.75, 3.05) is 26.2 Å². The van der Waals surface area contributed by atoms with Gasteiger partial charge in [0, 0.05) is 25.7 Å². The highest BCUT2D eigenvalue weighted by Gasteiger charge is 2.40. The van der Waals surface area contributed by atoms with Crippen molar-refractivity contribution < 1.29 is 4.79 Å². The normalized spacial score (nSPS) is 20.9. The fourth-order valence-corrected chi connectivity index (χ4v) is 3.23. The number of piperidine rings is 1. The third-order valence-electron chi connectivity index (χ3n) is 4.48. The summed E-state index contributed by atoms with van der Waals surface area (Å²) in [7, 11) is 0. The first-order chi connectivity index (χ1) is 9.27. The average Bonchev–Trinajstić information content (AvgIpc) is 3.07. The van der Waals surface area contributed by atoms with Gasteiger partial charge in [0.15, 0.2) is 0 Å². The molecule has 2 fully saturated rings. The van der Waals surface area contributed by atoms with Crippen LogP contribution in [0.5, 0.6) is 0 Å². The molecule has 1 N–H and O–H groups in total. The zero-order chi connectivity index (χ0) is 13.1. The van der Waals surface area contributed by atoms with E-state index in [1.807, 2.05) is 4.90 Å². The molecule has 2 aliphatic heterocycles. The number of carbonyl (C=O) groups excluding carboxylic acids is 1. The van der Waals surface area contributed by atoms with Crippen molar-refractivity contribution in [1.29, 1.82) is 0 Å². The lowest BCUT2D eigenvalue weighted by Crippen LogP contribution is -2.39. The lowest BCUT2D eigenvalue weighted by molar-refractivity contribution is -0.130. The lowest BCUT2D eigenvalue weighted by atomic mass is 9.78. The highest BCUT2D eigenvalue weighted by atomic mass is 35.5. The standard InChI is InChI=1S/C13H21N5O.ClH/c19-12(1-8-18-10-7-15-16-18)17-9-4-13(11-17)2-5-14-6-3-13;/h7,10,14H,1-6,8-9,11H2;1H. The van der Waals surface area contributed by atoms with Gasteiger partial charge in [-0.1, -0.05) is 5.21 Å². The van der Waals surface area contributed by atoms with E-state index >= 15 is 0 Å². The van der Waals surface area contributed by atoms with Gasteiger partial charge in [-0.25, -0.2) is 0 Å². The second kappa shape index (κ2) is 6.54. The van der Waals surface area contributed by atoms with E-state index in [9.17, 15) is 4.79 Å². The van der Waals surface area contributed by atoms with Crippen LogP contribution in [0.2, 0.25) is 0 Å². The molecule has 0 bridgehead atoms. The number of nitrogens with zero attached hydrogens (tertiary/aromatic N) is 4. The molecular weight excluding hydrogens is 278 g/mol. The Bertz CT molecular complexity index is 430. The Kier molecular flexibility index (Phi) is 4.99. The number of hydrogen-bond donors (Lipinski definition) is 1. The van der Waals surface area contributed by atoms with E-state index in [0.29, 0.717) is 18.4 Å². The van der Waals surface area contributed by atoms with Crippen LogP contribution in [-0.4, -0.2) is 52.0 Å². The van der Waals surface area contributed by atoms with Crippen molar-refractivity contribution in [3.63, 3.8) is 0 Å². The molecule has 6 nitrogen and oxygen atoms in total. The number of likely N-dealkylation sites (tertiary alicyclic amines) is 1. The second-order valence-electron chi connectivity index (χ2n) is 5.73. The van der Waals surface area contributed by atoms with E-state index in [1.165, 1.54) is 19.3 Å². The number of carbonyl (C=O) groups is 1. The van der Waals surface area contributed by atoms with E-state index in [-0.39, 0.29) is 18.3 Å². The highest BCUT2D eigenvalue weighted by molar-refractivity contribution is 5.85. The minimum atomic E-state index is 0. The molecule has 2 saturated heterocycles. The first kappa shape index (κ1) is 15.3. The fourth-order valence-electron chi connectivity index (χ4n) is 3.23. The largest absolute Gasteiger partial charge is 0.342 e. The van der Waals surface area contributed by atoms with Crippen molar-refractivity contribution in [3.05, 3.63) is 12.4 Å². The van der Waals surface area contributed by atoms with Crippen LogP contribution in [0.4, 0.5) is 0 Å². The molecule has 0 unspecified atom stereocenters. The topological polar surface area (TPSA) is 63.1 Å². The maximum atomic E-state index is 12.2. The van der Waals surface area contributed by atoms with Crippen LogP contribution in [0.1, 0.15) is 25.7 Å². The smallest absolute Gasteiger partial charge is 0.224 e. The van der Waals surface area contributed by atoms with Gasteiger partial charge in [0.25, 0.3) is 0 Å². The molecular formula is C13H22ClN5O. The number of aryl methyl sites for hydroxylation is 1. The van der Waals surface area contributed by atoms with E-state index < -0.39 is 0 Å². The Labute approximate surface area is 125 Å². The number of rotatable bonds is 3. The summed E-state index contributed by atoms with van der Waals surface area (Å²) in [4.78, 5) is 14.3. The predicted molar refractivity (Wildman–Crippen MR) is 77.6 cm³/mol.